The molecule has 1 aromatic carbocycles. The van der Waals surface area contributed by atoms with Gasteiger partial charge in [0.2, 0.25) is 0 Å². The predicted molar refractivity (Wildman–Crippen MR) is 127 cm³/mol. The van der Waals surface area contributed by atoms with Crippen LogP contribution < -0.4 is 0 Å². The minimum absolute atomic E-state index is 0.0271. The normalized spacial score (nSPS) is 25.7. The number of carbonyl (C=O) groups excluding carboxylic acids is 2. The molecule has 3 fully saturated rings. The Balaban J connectivity index is 1.34. The third-order valence-corrected chi connectivity index (χ3v) is 8.61. The van der Waals surface area contributed by atoms with Crippen molar-refractivity contribution >= 4 is 74.0 Å². The lowest BCUT2D eigenvalue weighted by Crippen LogP contribution is -2.33. The summed E-state index contributed by atoms with van der Waals surface area (Å²) in [6.45, 7) is 1.39. The van der Waals surface area contributed by atoms with Crippen molar-refractivity contribution in [1.82, 2.24) is 9.80 Å². The minimum atomic E-state index is -0.0271. The molecule has 2 saturated heterocycles. The fourth-order valence-electron chi connectivity index (χ4n) is 4.12. The molecule has 0 aromatic heterocycles. The van der Waals surface area contributed by atoms with Gasteiger partial charge in [0.25, 0.3) is 11.8 Å². The van der Waals surface area contributed by atoms with Crippen LogP contribution in [0.5, 0.6) is 0 Å². The fraction of sp³-hybridized carbons (Fsp3) is 0.333. The summed E-state index contributed by atoms with van der Waals surface area (Å²) in [4.78, 5) is 28.9. The second kappa shape index (κ2) is 7.65. The van der Waals surface area contributed by atoms with Gasteiger partial charge < -0.3 is 0 Å². The van der Waals surface area contributed by atoms with Gasteiger partial charge in [0, 0.05) is 35.7 Å². The van der Waals surface area contributed by atoms with E-state index in [4.69, 9.17) is 24.4 Å². The molecule has 0 N–H and O–H groups in total. The van der Waals surface area contributed by atoms with Crippen LogP contribution in [-0.2, 0) is 4.79 Å². The van der Waals surface area contributed by atoms with E-state index in [9.17, 15) is 9.59 Å². The number of amides is 2. The first-order valence-electron chi connectivity index (χ1n) is 9.54. The Labute approximate surface area is 188 Å². The first-order valence-corrected chi connectivity index (χ1v) is 12.3. The second-order valence-corrected chi connectivity index (χ2v) is 10.9. The van der Waals surface area contributed by atoms with Crippen LogP contribution >= 0.6 is 48.0 Å². The van der Waals surface area contributed by atoms with E-state index in [1.807, 2.05) is 30.3 Å². The maximum absolute atomic E-state index is 12.8. The monoisotopic (exact) mass is 458 g/mol. The van der Waals surface area contributed by atoms with Crippen LogP contribution in [0, 0.1) is 11.8 Å². The average Bonchev–Trinajstić information content (AvgIpc) is 3.24. The maximum Gasteiger partial charge on any atom is 0.259 e. The number of hydrogen-bond donors (Lipinski definition) is 0. The molecule has 2 unspecified atom stereocenters. The van der Waals surface area contributed by atoms with E-state index in [2.05, 4.69) is 6.08 Å². The number of benzene rings is 1. The van der Waals surface area contributed by atoms with Crippen LogP contribution in [0.25, 0.3) is 5.57 Å². The van der Waals surface area contributed by atoms with Crippen LogP contribution in [0.1, 0.15) is 22.3 Å². The molecule has 0 radical (unpaired) electrons. The predicted octanol–water partition coefficient (Wildman–Crippen LogP) is 3.98. The van der Waals surface area contributed by atoms with Gasteiger partial charge in [-0.25, -0.2) is 0 Å². The molecule has 2 heterocycles. The van der Waals surface area contributed by atoms with Gasteiger partial charge in [-0.3, -0.25) is 19.4 Å². The third-order valence-electron chi connectivity index (χ3n) is 5.76. The van der Waals surface area contributed by atoms with E-state index in [0.717, 1.165) is 29.1 Å². The molecular formula is C21H18N2O2S4. The van der Waals surface area contributed by atoms with Crippen molar-refractivity contribution in [3.8, 4) is 0 Å². The molecule has 4 aliphatic rings. The summed E-state index contributed by atoms with van der Waals surface area (Å²) < 4.78 is 1.35. The summed E-state index contributed by atoms with van der Waals surface area (Å²) in [6, 6.07) is 7.78. The Kier molecular flexibility index (Phi) is 5.14. The molecule has 148 valence electrons. The molecule has 1 aromatic rings. The summed E-state index contributed by atoms with van der Waals surface area (Å²) in [7, 11) is 0. The number of rotatable bonds is 3. The third kappa shape index (κ3) is 3.50. The van der Waals surface area contributed by atoms with Gasteiger partial charge in [0.05, 0.1) is 0 Å². The highest BCUT2D eigenvalue weighted by Gasteiger charge is 2.47. The summed E-state index contributed by atoms with van der Waals surface area (Å²) in [5.41, 5.74) is 3.91. The molecule has 0 bridgehead atoms. The van der Waals surface area contributed by atoms with Crippen molar-refractivity contribution in [2.24, 2.45) is 11.8 Å². The van der Waals surface area contributed by atoms with Crippen molar-refractivity contribution in [2.45, 2.75) is 6.42 Å². The Morgan fingerprint density at radius 2 is 1.48 bits per heavy atom. The highest BCUT2D eigenvalue weighted by molar-refractivity contribution is 8.23. The van der Waals surface area contributed by atoms with E-state index in [1.54, 1.807) is 33.3 Å². The Morgan fingerprint density at radius 3 is 2.07 bits per heavy atom. The highest BCUT2D eigenvalue weighted by atomic mass is 32.2. The second-order valence-electron chi connectivity index (χ2n) is 7.41. The van der Waals surface area contributed by atoms with Crippen molar-refractivity contribution in [3.63, 3.8) is 0 Å². The molecule has 29 heavy (non-hydrogen) atoms. The summed E-state index contributed by atoms with van der Waals surface area (Å²) in [5.74, 6) is 2.47. The number of hydrogen-bond acceptors (Lipinski definition) is 6. The van der Waals surface area contributed by atoms with Gasteiger partial charge in [-0.15, -0.1) is 0 Å². The van der Waals surface area contributed by atoms with E-state index in [-0.39, 0.29) is 17.7 Å². The molecule has 2 amide bonds. The molecule has 8 heteroatoms. The van der Waals surface area contributed by atoms with Crippen LogP contribution in [0.4, 0.5) is 0 Å². The van der Waals surface area contributed by atoms with E-state index >= 15 is 0 Å². The van der Waals surface area contributed by atoms with Crippen molar-refractivity contribution in [3.05, 3.63) is 53.1 Å². The SMILES string of the molecule is O=C(C1=CC=C(c2ccc(C(=O)N3CCSC3=S)cc2)C2CC12)N1CCSC1=S. The first-order chi connectivity index (χ1) is 14.0. The Morgan fingerprint density at radius 1 is 0.862 bits per heavy atom. The van der Waals surface area contributed by atoms with E-state index in [0.29, 0.717) is 33.2 Å². The topological polar surface area (TPSA) is 40.6 Å². The molecule has 2 atom stereocenters. The van der Waals surface area contributed by atoms with Crippen LogP contribution in [0.15, 0.2) is 42.0 Å². The number of fused-ring (bicyclic) bond motifs is 1. The van der Waals surface area contributed by atoms with Crippen LogP contribution in [0.3, 0.4) is 0 Å². The zero-order valence-electron chi connectivity index (χ0n) is 15.5. The van der Waals surface area contributed by atoms with Crippen molar-refractivity contribution < 1.29 is 9.59 Å². The minimum Gasteiger partial charge on any atom is -0.293 e. The smallest absolute Gasteiger partial charge is 0.259 e. The number of carbonyl (C=O) groups is 2. The lowest BCUT2D eigenvalue weighted by molar-refractivity contribution is -0.123. The van der Waals surface area contributed by atoms with Gasteiger partial charge >= 0.3 is 0 Å². The zero-order valence-corrected chi connectivity index (χ0v) is 18.8. The molecule has 2 aliphatic heterocycles. The number of nitrogens with zero attached hydrogens (tertiary/aromatic N) is 2. The van der Waals surface area contributed by atoms with Crippen LogP contribution in [0.2, 0.25) is 0 Å². The van der Waals surface area contributed by atoms with Crippen molar-refractivity contribution in [2.75, 3.05) is 24.6 Å². The summed E-state index contributed by atoms with van der Waals surface area (Å²) in [6.07, 6.45) is 5.03. The molecule has 2 aliphatic carbocycles. The molecule has 5 rings (SSSR count). The Bertz CT molecular complexity index is 998. The number of thiocarbonyl (C=S) groups is 2. The van der Waals surface area contributed by atoms with Crippen LogP contribution in [-0.4, -0.2) is 54.9 Å². The van der Waals surface area contributed by atoms with Gasteiger partial charge in [-0.2, -0.15) is 0 Å². The molecule has 1 saturated carbocycles. The van der Waals surface area contributed by atoms with Gasteiger partial charge in [0.15, 0.2) is 0 Å². The standard InChI is InChI=1S/C21H18N2O2S4/c24-18(22-7-9-28-20(22)26)13-3-1-12(2-4-13)14-5-6-15(17-11-16(14)17)19(25)23-8-10-29-21(23)27/h1-6,16-17H,7-11H2. The van der Waals surface area contributed by atoms with Crippen molar-refractivity contribution in [1.29, 1.82) is 0 Å². The molecule has 0 spiro atoms. The van der Waals surface area contributed by atoms with E-state index in [1.165, 1.54) is 5.57 Å². The van der Waals surface area contributed by atoms with Gasteiger partial charge in [-0.05, 0) is 41.5 Å². The maximum atomic E-state index is 12.8. The first kappa shape index (κ1) is 19.5. The average molecular weight is 459 g/mol. The van der Waals surface area contributed by atoms with E-state index < -0.39 is 0 Å². The fourth-order valence-corrected chi connectivity index (χ4v) is 6.53. The highest BCUT2D eigenvalue weighted by Crippen LogP contribution is 2.55. The lowest BCUT2D eigenvalue weighted by atomic mass is 9.92. The molecular weight excluding hydrogens is 441 g/mol. The Hall–Kier alpha value is -1.48. The quantitative estimate of drug-likeness (QED) is 0.638. The summed E-state index contributed by atoms with van der Waals surface area (Å²) in [5, 5.41) is 0. The zero-order chi connectivity index (χ0) is 20.1. The number of allylic oxidation sites excluding steroid dienone is 3. The lowest BCUT2D eigenvalue weighted by Gasteiger charge is -2.20. The van der Waals surface area contributed by atoms with Gasteiger partial charge in [0.1, 0.15) is 8.64 Å². The summed E-state index contributed by atoms with van der Waals surface area (Å²) >= 11 is 13.7. The van der Waals surface area contributed by atoms with Gasteiger partial charge in [-0.1, -0.05) is 72.2 Å². The largest absolute Gasteiger partial charge is 0.293 e. The molecule has 4 nitrogen and oxygen atoms in total. The number of thioether (sulfide) groups is 2.